The molecule has 0 amide bonds. The van der Waals surface area contributed by atoms with E-state index in [0.717, 1.165) is 22.6 Å². The predicted octanol–water partition coefficient (Wildman–Crippen LogP) is 7.27. The summed E-state index contributed by atoms with van der Waals surface area (Å²) in [6.07, 6.45) is 1.84. The third-order valence-electron chi connectivity index (χ3n) is 5.73. The molecule has 6 aromatic rings. The van der Waals surface area contributed by atoms with Crippen LogP contribution in [-0.2, 0) is 0 Å². The number of rotatable bonds is 2. The summed E-state index contributed by atoms with van der Waals surface area (Å²) in [6.45, 7) is 0. The Bertz CT molecular complexity index is 1500. The molecule has 5 aromatic carbocycles. The van der Waals surface area contributed by atoms with Crippen molar-refractivity contribution in [1.29, 1.82) is 0 Å². The molecular formula is C28H18N2. The zero-order valence-corrected chi connectivity index (χ0v) is 16.3. The van der Waals surface area contributed by atoms with Crippen molar-refractivity contribution in [2.75, 3.05) is 0 Å². The van der Waals surface area contributed by atoms with Crippen LogP contribution in [-0.4, -0.2) is 9.97 Å². The normalized spacial score (nSPS) is 11.3. The molecule has 0 saturated heterocycles. The molecular weight excluding hydrogens is 364 g/mol. The monoisotopic (exact) mass is 382 g/mol. The van der Waals surface area contributed by atoms with E-state index in [1.54, 1.807) is 0 Å². The third kappa shape index (κ3) is 2.66. The number of benzene rings is 5. The first-order valence-corrected chi connectivity index (χ1v) is 10.1. The minimum absolute atomic E-state index is 0.746. The van der Waals surface area contributed by atoms with E-state index in [2.05, 4.69) is 83.8 Å². The van der Waals surface area contributed by atoms with E-state index in [4.69, 9.17) is 4.98 Å². The quantitative estimate of drug-likeness (QED) is 0.294. The first kappa shape index (κ1) is 16.9. The smallest absolute Gasteiger partial charge is 0.159 e. The van der Waals surface area contributed by atoms with Crippen LogP contribution in [0.5, 0.6) is 0 Å². The lowest BCUT2D eigenvalue weighted by Crippen LogP contribution is -1.92. The molecule has 30 heavy (non-hydrogen) atoms. The average Bonchev–Trinajstić information content (AvgIpc) is 2.84. The molecule has 0 aliphatic carbocycles. The Morgan fingerprint density at radius 3 is 1.67 bits per heavy atom. The Morgan fingerprint density at radius 2 is 1.00 bits per heavy atom. The van der Waals surface area contributed by atoms with Crippen LogP contribution in [0.15, 0.2) is 109 Å². The van der Waals surface area contributed by atoms with Gasteiger partial charge in [0.2, 0.25) is 0 Å². The fourth-order valence-corrected chi connectivity index (χ4v) is 4.31. The van der Waals surface area contributed by atoms with Crippen LogP contribution in [0.1, 0.15) is 0 Å². The van der Waals surface area contributed by atoms with Crippen molar-refractivity contribution in [3.8, 4) is 22.6 Å². The Kier molecular flexibility index (Phi) is 3.82. The molecule has 0 spiro atoms. The molecule has 6 rings (SSSR count). The number of hydrogen-bond acceptors (Lipinski definition) is 2. The van der Waals surface area contributed by atoms with Gasteiger partial charge in [-0.2, -0.15) is 0 Å². The van der Waals surface area contributed by atoms with E-state index in [9.17, 15) is 0 Å². The van der Waals surface area contributed by atoms with Gasteiger partial charge in [-0.1, -0.05) is 91.0 Å². The van der Waals surface area contributed by atoms with Gasteiger partial charge in [-0.05, 0) is 44.5 Å². The van der Waals surface area contributed by atoms with Crippen molar-refractivity contribution in [2.24, 2.45) is 0 Å². The van der Waals surface area contributed by atoms with Gasteiger partial charge in [-0.3, -0.25) is 0 Å². The molecule has 2 heteroatoms. The van der Waals surface area contributed by atoms with Gasteiger partial charge in [0, 0.05) is 17.3 Å². The fraction of sp³-hybridized carbons (Fsp3) is 0. The second-order valence-corrected chi connectivity index (χ2v) is 7.48. The van der Waals surface area contributed by atoms with Crippen LogP contribution in [0.3, 0.4) is 0 Å². The lowest BCUT2D eigenvalue weighted by molar-refractivity contribution is 1.18. The summed E-state index contributed by atoms with van der Waals surface area (Å²) in [5.41, 5.74) is 3.06. The lowest BCUT2D eigenvalue weighted by Gasteiger charge is -2.11. The topological polar surface area (TPSA) is 25.8 Å². The standard InChI is InChI=1S/C28H18N2/c1-2-8-19(9-3-1)27-16-17-29-28(30-27)20-14-15-25-23-12-5-4-10-21(23)22-11-6-7-13-24(22)26(25)18-20/h1-18H. The van der Waals surface area contributed by atoms with Crippen molar-refractivity contribution >= 4 is 32.3 Å². The zero-order chi connectivity index (χ0) is 19.9. The minimum atomic E-state index is 0.746. The molecule has 0 N–H and O–H groups in total. The highest BCUT2D eigenvalue weighted by Gasteiger charge is 2.11. The highest BCUT2D eigenvalue weighted by atomic mass is 14.9. The number of fused-ring (bicyclic) bond motifs is 6. The van der Waals surface area contributed by atoms with Gasteiger partial charge in [0.05, 0.1) is 5.69 Å². The second-order valence-electron chi connectivity index (χ2n) is 7.48. The van der Waals surface area contributed by atoms with Crippen molar-refractivity contribution in [3.63, 3.8) is 0 Å². The van der Waals surface area contributed by atoms with Gasteiger partial charge >= 0.3 is 0 Å². The molecule has 0 unspecified atom stereocenters. The van der Waals surface area contributed by atoms with Crippen LogP contribution < -0.4 is 0 Å². The fourth-order valence-electron chi connectivity index (χ4n) is 4.31. The average molecular weight is 382 g/mol. The van der Waals surface area contributed by atoms with E-state index < -0.39 is 0 Å². The maximum Gasteiger partial charge on any atom is 0.159 e. The molecule has 1 heterocycles. The molecule has 0 bridgehead atoms. The molecule has 1 aromatic heterocycles. The van der Waals surface area contributed by atoms with Crippen molar-refractivity contribution in [1.82, 2.24) is 9.97 Å². The SMILES string of the molecule is c1ccc(-c2ccnc(-c3ccc4c5ccccc5c5ccccc5c4c3)n2)cc1. The Morgan fingerprint density at radius 1 is 0.433 bits per heavy atom. The van der Waals surface area contributed by atoms with Gasteiger partial charge in [-0.25, -0.2) is 9.97 Å². The first-order valence-electron chi connectivity index (χ1n) is 10.1. The summed E-state index contributed by atoms with van der Waals surface area (Å²) in [7, 11) is 0. The van der Waals surface area contributed by atoms with Crippen molar-refractivity contribution < 1.29 is 0 Å². The van der Waals surface area contributed by atoms with E-state index in [1.807, 2.05) is 30.5 Å². The highest BCUT2D eigenvalue weighted by Crippen LogP contribution is 2.36. The molecule has 0 atom stereocenters. The maximum absolute atomic E-state index is 4.85. The van der Waals surface area contributed by atoms with Crippen LogP contribution in [0.2, 0.25) is 0 Å². The summed E-state index contributed by atoms with van der Waals surface area (Å²) >= 11 is 0. The van der Waals surface area contributed by atoms with Crippen molar-refractivity contribution in [2.45, 2.75) is 0 Å². The molecule has 0 saturated carbocycles. The number of hydrogen-bond donors (Lipinski definition) is 0. The molecule has 140 valence electrons. The van der Waals surface area contributed by atoms with E-state index in [1.165, 1.54) is 32.3 Å². The van der Waals surface area contributed by atoms with Crippen LogP contribution in [0.4, 0.5) is 0 Å². The molecule has 0 radical (unpaired) electrons. The van der Waals surface area contributed by atoms with Gasteiger partial charge < -0.3 is 0 Å². The van der Waals surface area contributed by atoms with Crippen LogP contribution >= 0.6 is 0 Å². The molecule has 2 nitrogen and oxygen atoms in total. The predicted molar refractivity (Wildman–Crippen MR) is 125 cm³/mol. The van der Waals surface area contributed by atoms with Crippen molar-refractivity contribution in [3.05, 3.63) is 109 Å². The summed E-state index contributed by atoms with van der Waals surface area (Å²) in [6, 6.07) is 36.0. The van der Waals surface area contributed by atoms with E-state index in [0.29, 0.717) is 0 Å². The molecule has 0 fully saturated rings. The van der Waals surface area contributed by atoms with Crippen LogP contribution in [0, 0.1) is 0 Å². The number of nitrogens with zero attached hydrogens (tertiary/aromatic N) is 2. The van der Waals surface area contributed by atoms with Crippen LogP contribution in [0.25, 0.3) is 55.0 Å². The largest absolute Gasteiger partial charge is 0.237 e. The van der Waals surface area contributed by atoms with Gasteiger partial charge in [0.1, 0.15) is 0 Å². The second kappa shape index (κ2) is 6.78. The Hall–Kier alpha value is -4.04. The van der Waals surface area contributed by atoms with E-state index in [-0.39, 0.29) is 0 Å². The Labute approximate surface area is 174 Å². The molecule has 0 aliphatic rings. The van der Waals surface area contributed by atoms with Gasteiger partial charge in [-0.15, -0.1) is 0 Å². The minimum Gasteiger partial charge on any atom is -0.237 e. The summed E-state index contributed by atoms with van der Waals surface area (Å²) in [5.74, 6) is 0.746. The highest BCUT2D eigenvalue weighted by molar-refractivity contribution is 6.25. The third-order valence-corrected chi connectivity index (χ3v) is 5.73. The van der Waals surface area contributed by atoms with E-state index >= 15 is 0 Å². The lowest BCUT2D eigenvalue weighted by atomic mass is 9.93. The van der Waals surface area contributed by atoms with Gasteiger partial charge in [0.25, 0.3) is 0 Å². The molecule has 0 aliphatic heterocycles. The zero-order valence-electron chi connectivity index (χ0n) is 16.3. The van der Waals surface area contributed by atoms with Gasteiger partial charge in [0.15, 0.2) is 5.82 Å². The first-order chi connectivity index (χ1) is 14.9. The maximum atomic E-state index is 4.85. The summed E-state index contributed by atoms with van der Waals surface area (Å²) < 4.78 is 0. The summed E-state index contributed by atoms with van der Waals surface area (Å²) in [5, 5.41) is 7.58. The summed E-state index contributed by atoms with van der Waals surface area (Å²) in [4.78, 5) is 9.42. The Balaban J connectivity index is 1.61. The number of aromatic nitrogens is 2.